The predicted molar refractivity (Wildman–Crippen MR) is 78.8 cm³/mol. The topological polar surface area (TPSA) is 73.6 Å². The zero-order chi connectivity index (χ0) is 15.1. The van der Waals surface area contributed by atoms with Gasteiger partial charge in [-0.1, -0.05) is 12.1 Å². The highest BCUT2D eigenvalue weighted by molar-refractivity contribution is 5.77. The second-order valence-corrected chi connectivity index (χ2v) is 4.98. The SMILES string of the molecule is COCC(C)NC(=O)COc1c(C)cc(CN)cc1C. The number of hydrogen-bond acceptors (Lipinski definition) is 4. The van der Waals surface area contributed by atoms with Crippen LogP contribution in [-0.4, -0.2) is 32.3 Å². The van der Waals surface area contributed by atoms with Crippen LogP contribution in [-0.2, 0) is 16.1 Å². The average Bonchev–Trinajstić information content (AvgIpc) is 2.37. The molecule has 1 rings (SSSR count). The number of ether oxygens (including phenoxy) is 2. The summed E-state index contributed by atoms with van der Waals surface area (Å²) in [6, 6.07) is 3.93. The highest BCUT2D eigenvalue weighted by atomic mass is 16.5. The zero-order valence-corrected chi connectivity index (χ0v) is 12.7. The van der Waals surface area contributed by atoms with Gasteiger partial charge in [-0.3, -0.25) is 4.79 Å². The quantitative estimate of drug-likeness (QED) is 0.789. The molecule has 1 amide bonds. The molecule has 0 aliphatic heterocycles. The van der Waals surface area contributed by atoms with Crippen LogP contribution in [0.2, 0.25) is 0 Å². The Bertz CT molecular complexity index is 437. The number of amides is 1. The van der Waals surface area contributed by atoms with Gasteiger partial charge in [-0.2, -0.15) is 0 Å². The van der Waals surface area contributed by atoms with Crippen LogP contribution in [0.3, 0.4) is 0 Å². The molecular formula is C15H24N2O3. The van der Waals surface area contributed by atoms with Gasteiger partial charge in [0.2, 0.25) is 0 Å². The molecule has 112 valence electrons. The van der Waals surface area contributed by atoms with Gasteiger partial charge in [0.1, 0.15) is 5.75 Å². The summed E-state index contributed by atoms with van der Waals surface area (Å²) >= 11 is 0. The van der Waals surface area contributed by atoms with Gasteiger partial charge in [0.25, 0.3) is 5.91 Å². The molecule has 0 saturated heterocycles. The standard InChI is InChI=1S/C15H24N2O3/c1-10-5-13(7-16)6-11(2)15(10)20-9-14(18)17-12(3)8-19-4/h5-6,12H,7-9,16H2,1-4H3,(H,17,18). The van der Waals surface area contributed by atoms with Crippen molar-refractivity contribution in [1.82, 2.24) is 5.32 Å². The average molecular weight is 280 g/mol. The maximum absolute atomic E-state index is 11.7. The first-order valence-electron chi connectivity index (χ1n) is 6.69. The van der Waals surface area contributed by atoms with E-state index in [1.54, 1.807) is 7.11 Å². The van der Waals surface area contributed by atoms with Crippen LogP contribution in [0.1, 0.15) is 23.6 Å². The van der Waals surface area contributed by atoms with Crippen molar-refractivity contribution < 1.29 is 14.3 Å². The molecule has 0 saturated carbocycles. The monoisotopic (exact) mass is 280 g/mol. The molecule has 0 spiro atoms. The molecule has 0 radical (unpaired) electrons. The van der Waals surface area contributed by atoms with Gasteiger partial charge in [-0.05, 0) is 37.5 Å². The summed E-state index contributed by atoms with van der Waals surface area (Å²) in [5, 5.41) is 2.80. The minimum atomic E-state index is -0.156. The van der Waals surface area contributed by atoms with E-state index < -0.39 is 0 Å². The molecule has 0 bridgehead atoms. The fraction of sp³-hybridized carbons (Fsp3) is 0.533. The lowest BCUT2D eigenvalue weighted by molar-refractivity contribution is -0.124. The summed E-state index contributed by atoms with van der Waals surface area (Å²) in [5.41, 5.74) is 8.67. The van der Waals surface area contributed by atoms with Gasteiger partial charge >= 0.3 is 0 Å². The molecular weight excluding hydrogens is 256 g/mol. The summed E-state index contributed by atoms with van der Waals surface area (Å²) in [7, 11) is 1.60. The Kier molecular flexibility index (Phi) is 6.48. The fourth-order valence-electron chi connectivity index (χ4n) is 2.13. The number of carbonyl (C=O) groups is 1. The van der Waals surface area contributed by atoms with E-state index in [1.807, 2.05) is 32.9 Å². The molecule has 0 aliphatic carbocycles. The fourth-order valence-corrected chi connectivity index (χ4v) is 2.13. The summed E-state index contributed by atoms with van der Waals surface area (Å²) in [4.78, 5) is 11.7. The Labute approximate surface area is 120 Å². The van der Waals surface area contributed by atoms with E-state index in [2.05, 4.69) is 5.32 Å². The minimum absolute atomic E-state index is 0.00228. The van der Waals surface area contributed by atoms with Gasteiger partial charge < -0.3 is 20.5 Å². The van der Waals surface area contributed by atoms with Gasteiger partial charge in [0.15, 0.2) is 6.61 Å². The maximum Gasteiger partial charge on any atom is 0.258 e. The number of carbonyl (C=O) groups excluding carboxylic acids is 1. The van der Waals surface area contributed by atoms with Crippen LogP contribution >= 0.6 is 0 Å². The van der Waals surface area contributed by atoms with Crippen LogP contribution in [0.15, 0.2) is 12.1 Å². The van der Waals surface area contributed by atoms with E-state index in [0.717, 1.165) is 22.4 Å². The first-order valence-corrected chi connectivity index (χ1v) is 6.69. The van der Waals surface area contributed by atoms with Crippen molar-refractivity contribution in [2.75, 3.05) is 20.3 Å². The molecule has 0 aliphatic rings. The van der Waals surface area contributed by atoms with Gasteiger partial charge in [-0.15, -0.1) is 0 Å². The van der Waals surface area contributed by atoms with E-state index in [0.29, 0.717) is 13.2 Å². The Balaban J connectivity index is 2.59. The minimum Gasteiger partial charge on any atom is -0.483 e. The van der Waals surface area contributed by atoms with Crippen LogP contribution in [0.25, 0.3) is 0 Å². The number of nitrogens with two attached hydrogens (primary N) is 1. The summed E-state index contributed by atoms with van der Waals surface area (Å²) in [6.07, 6.45) is 0. The van der Waals surface area contributed by atoms with Crippen LogP contribution in [0, 0.1) is 13.8 Å². The summed E-state index contributed by atoms with van der Waals surface area (Å²) < 4.78 is 10.6. The highest BCUT2D eigenvalue weighted by Crippen LogP contribution is 2.24. The Morgan fingerprint density at radius 2 is 1.95 bits per heavy atom. The number of rotatable bonds is 7. The van der Waals surface area contributed by atoms with Crippen molar-refractivity contribution >= 4 is 5.91 Å². The lowest BCUT2D eigenvalue weighted by Gasteiger charge is -2.16. The molecule has 1 atom stereocenters. The maximum atomic E-state index is 11.7. The second-order valence-electron chi connectivity index (χ2n) is 4.98. The number of methoxy groups -OCH3 is 1. The van der Waals surface area contributed by atoms with E-state index in [1.165, 1.54) is 0 Å². The van der Waals surface area contributed by atoms with Gasteiger partial charge in [-0.25, -0.2) is 0 Å². The number of nitrogens with one attached hydrogen (secondary N) is 1. The van der Waals surface area contributed by atoms with Crippen molar-refractivity contribution in [3.8, 4) is 5.75 Å². The van der Waals surface area contributed by atoms with Crippen molar-refractivity contribution in [2.24, 2.45) is 5.73 Å². The second kappa shape index (κ2) is 7.87. The first-order chi connectivity index (χ1) is 9.47. The molecule has 5 heteroatoms. The molecule has 1 aromatic carbocycles. The normalized spacial score (nSPS) is 12.1. The van der Waals surface area contributed by atoms with Crippen molar-refractivity contribution in [3.63, 3.8) is 0 Å². The molecule has 1 aromatic rings. The van der Waals surface area contributed by atoms with Gasteiger partial charge in [0, 0.05) is 19.7 Å². The summed E-state index contributed by atoms with van der Waals surface area (Å²) in [5.74, 6) is 0.591. The van der Waals surface area contributed by atoms with E-state index in [-0.39, 0.29) is 18.6 Å². The molecule has 0 fully saturated rings. The Morgan fingerprint density at radius 1 is 1.35 bits per heavy atom. The molecule has 3 N–H and O–H groups in total. The molecule has 0 aromatic heterocycles. The third kappa shape index (κ3) is 4.83. The predicted octanol–water partition coefficient (Wildman–Crippen LogP) is 1.29. The third-order valence-electron chi connectivity index (χ3n) is 2.93. The van der Waals surface area contributed by atoms with Crippen LogP contribution in [0.4, 0.5) is 0 Å². The van der Waals surface area contributed by atoms with Crippen molar-refractivity contribution in [1.29, 1.82) is 0 Å². The smallest absolute Gasteiger partial charge is 0.258 e. The van der Waals surface area contributed by atoms with E-state index in [9.17, 15) is 4.79 Å². The Morgan fingerprint density at radius 3 is 2.45 bits per heavy atom. The summed E-state index contributed by atoms with van der Waals surface area (Å²) in [6.45, 7) is 6.76. The molecule has 0 heterocycles. The van der Waals surface area contributed by atoms with Crippen molar-refractivity contribution in [2.45, 2.75) is 33.4 Å². The number of hydrogen-bond donors (Lipinski definition) is 2. The lowest BCUT2D eigenvalue weighted by Crippen LogP contribution is -2.38. The van der Waals surface area contributed by atoms with Crippen molar-refractivity contribution in [3.05, 3.63) is 28.8 Å². The van der Waals surface area contributed by atoms with Crippen LogP contribution in [0.5, 0.6) is 5.75 Å². The van der Waals surface area contributed by atoms with E-state index in [4.69, 9.17) is 15.2 Å². The largest absolute Gasteiger partial charge is 0.483 e. The van der Waals surface area contributed by atoms with Gasteiger partial charge in [0.05, 0.1) is 6.61 Å². The Hall–Kier alpha value is -1.59. The number of aryl methyl sites for hydroxylation is 2. The lowest BCUT2D eigenvalue weighted by atomic mass is 10.1. The van der Waals surface area contributed by atoms with Crippen LogP contribution < -0.4 is 15.8 Å². The number of benzene rings is 1. The zero-order valence-electron chi connectivity index (χ0n) is 12.7. The molecule has 1 unspecified atom stereocenters. The molecule has 20 heavy (non-hydrogen) atoms. The third-order valence-corrected chi connectivity index (χ3v) is 2.93. The highest BCUT2D eigenvalue weighted by Gasteiger charge is 2.11. The first kappa shape index (κ1) is 16.5. The molecule has 5 nitrogen and oxygen atoms in total. The van der Waals surface area contributed by atoms with E-state index >= 15 is 0 Å².